The Balaban J connectivity index is 0. The van der Waals surface area contributed by atoms with Crippen molar-refractivity contribution in [1.29, 1.82) is 0 Å². The van der Waals surface area contributed by atoms with Crippen molar-refractivity contribution >= 4 is 0 Å². The Bertz CT molecular complexity index is 501. The molecule has 170 valence electrons. The molecule has 1 rings (SSSR count). The summed E-state index contributed by atoms with van der Waals surface area (Å²) in [6.07, 6.45) is 10.2. The molecule has 0 bridgehead atoms. The van der Waals surface area contributed by atoms with Gasteiger partial charge in [-0.05, 0) is 36.3 Å². The van der Waals surface area contributed by atoms with E-state index in [1.54, 1.807) is 18.2 Å². The zero-order valence-corrected chi connectivity index (χ0v) is 18.0. The molecule has 1 saturated heterocycles. The number of rotatable bonds is 10. The Labute approximate surface area is 175 Å². The molecule has 0 radical (unpaired) electrons. The van der Waals surface area contributed by atoms with Crippen LogP contribution < -0.4 is 0 Å². The van der Waals surface area contributed by atoms with Crippen molar-refractivity contribution in [2.45, 2.75) is 40.0 Å². The summed E-state index contributed by atoms with van der Waals surface area (Å²) >= 11 is 0. The third-order valence-electron chi connectivity index (χ3n) is 3.90. The van der Waals surface area contributed by atoms with Crippen LogP contribution in [0.3, 0.4) is 0 Å². The second-order valence-electron chi connectivity index (χ2n) is 7.06. The predicted octanol–water partition coefficient (Wildman–Crippen LogP) is 3.01. The summed E-state index contributed by atoms with van der Waals surface area (Å²) in [5.74, 6) is 1.67. The molecule has 0 unspecified atom stereocenters. The number of aliphatic hydroxyl groups excluding tert-OH is 4. The third-order valence-corrected chi connectivity index (χ3v) is 3.90. The normalized spacial score (nSPS) is 20.8. The Kier molecular flexibility index (Phi) is 20.0. The fourth-order valence-corrected chi connectivity index (χ4v) is 2.67. The largest absolute Gasteiger partial charge is 0.512 e. The molecule has 1 aliphatic rings. The maximum absolute atomic E-state index is 9.50. The molecular weight excluding hydrogens is 376 g/mol. The average Bonchev–Trinajstić information content (AvgIpc) is 2.63. The van der Waals surface area contributed by atoms with E-state index in [0.29, 0.717) is 6.42 Å². The minimum absolute atomic E-state index is 0. The molecule has 7 nitrogen and oxygen atoms in total. The molecule has 0 saturated carbocycles. The Hall–Kier alpha value is -1.64. The van der Waals surface area contributed by atoms with E-state index in [4.69, 9.17) is 19.7 Å². The molecule has 1 aliphatic heterocycles. The molecule has 0 amide bonds. The first-order chi connectivity index (χ1) is 13.4. The van der Waals surface area contributed by atoms with Gasteiger partial charge >= 0.3 is 0 Å². The van der Waals surface area contributed by atoms with E-state index in [0.717, 1.165) is 37.0 Å². The van der Waals surface area contributed by atoms with Crippen LogP contribution in [0.25, 0.3) is 0 Å². The van der Waals surface area contributed by atoms with E-state index in [1.807, 2.05) is 6.92 Å². The van der Waals surface area contributed by atoms with Gasteiger partial charge in [0.15, 0.2) is 0 Å². The van der Waals surface area contributed by atoms with E-state index in [2.05, 4.69) is 13.8 Å². The number of allylic oxidation sites excluding steroid dienone is 2. The number of aliphatic hydroxyl groups is 4. The molecule has 1 heterocycles. The first kappa shape index (κ1) is 29.6. The molecule has 0 aromatic heterocycles. The number of ether oxygens (including phenoxy) is 2. The van der Waals surface area contributed by atoms with Crippen molar-refractivity contribution in [3.05, 3.63) is 47.5 Å². The van der Waals surface area contributed by atoms with Gasteiger partial charge in [-0.15, -0.1) is 0 Å². The lowest BCUT2D eigenvalue weighted by atomic mass is 9.96. The van der Waals surface area contributed by atoms with Crippen molar-refractivity contribution in [2.24, 2.45) is 11.8 Å². The van der Waals surface area contributed by atoms with E-state index in [9.17, 15) is 10.2 Å². The Morgan fingerprint density at radius 1 is 1.07 bits per heavy atom. The van der Waals surface area contributed by atoms with Crippen LogP contribution >= 0.6 is 0 Å². The summed E-state index contributed by atoms with van der Waals surface area (Å²) in [5, 5.41) is 36.4. The summed E-state index contributed by atoms with van der Waals surface area (Å²) in [6, 6.07) is 0. The average molecular weight is 417 g/mol. The fraction of sp³-hybridized carbons (Fsp3) is 0.636. The van der Waals surface area contributed by atoms with Gasteiger partial charge in [-0.1, -0.05) is 39.0 Å². The molecule has 0 spiro atoms. The van der Waals surface area contributed by atoms with Crippen LogP contribution in [0, 0.1) is 11.8 Å². The minimum atomic E-state index is -0.108. The van der Waals surface area contributed by atoms with Gasteiger partial charge < -0.3 is 35.4 Å². The zero-order chi connectivity index (χ0) is 21.2. The SMILES string of the molecule is CCC/C(O)=C\C(O)=C/COCC(/C=C\CO)=C/CO.C[C@@H]1COC[C@H](C)C1.O. The molecule has 7 heteroatoms. The molecular formula is C22H40O7. The van der Waals surface area contributed by atoms with Crippen molar-refractivity contribution in [1.82, 2.24) is 0 Å². The summed E-state index contributed by atoms with van der Waals surface area (Å²) in [4.78, 5) is 0. The summed E-state index contributed by atoms with van der Waals surface area (Å²) < 4.78 is 10.6. The van der Waals surface area contributed by atoms with Crippen LogP contribution in [-0.2, 0) is 9.47 Å². The van der Waals surface area contributed by atoms with Crippen molar-refractivity contribution in [2.75, 3.05) is 39.6 Å². The van der Waals surface area contributed by atoms with Crippen molar-refractivity contribution < 1.29 is 35.4 Å². The van der Waals surface area contributed by atoms with Crippen LogP contribution in [0.5, 0.6) is 0 Å². The number of hydrogen-bond donors (Lipinski definition) is 4. The van der Waals surface area contributed by atoms with Crippen LogP contribution in [0.15, 0.2) is 47.5 Å². The van der Waals surface area contributed by atoms with E-state index < -0.39 is 0 Å². The molecule has 0 aromatic carbocycles. The lowest BCUT2D eigenvalue weighted by Gasteiger charge is -2.23. The monoisotopic (exact) mass is 416 g/mol. The van der Waals surface area contributed by atoms with Gasteiger partial charge in [0.1, 0.15) is 5.76 Å². The maximum Gasteiger partial charge on any atom is 0.117 e. The fourth-order valence-electron chi connectivity index (χ4n) is 2.67. The van der Waals surface area contributed by atoms with Gasteiger partial charge in [-0.2, -0.15) is 0 Å². The van der Waals surface area contributed by atoms with Crippen molar-refractivity contribution in [3.8, 4) is 0 Å². The van der Waals surface area contributed by atoms with Crippen LogP contribution in [0.2, 0.25) is 0 Å². The van der Waals surface area contributed by atoms with E-state index in [1.165, 1.54) is 18.6 Å². The molecule has 2 atom stereocenters. The lowest BCUT2D eigenvalue weighted by Crippen LogP contribution is -2.21. The van der Waals surface area contributed by atoms with Gasteiger partial charge in [0.2, 0.25) is 0 Å². The standard InChI is InChI=1S/C15H24O5.C7H14O.H2O/c1-2-4-14(18)11-15(19)7-10-20-12-13(6-9-17)5-3-8-16;1-6-3-7(2)5-8-4-6;/h3,5-7,11,16-19H,2,4,8-10,12H2,1H3;6-7H,3-5H2,1-2H3;1H2/b5-3-,13-6+,14-11+,15-7+;;/t;6-,7+;. The first-order valence-corrected chi connectivity index (χ1v) is 9.94. The quantitative estimate of drug-likeness (QED) is 0.246. The van der Waals surface area contributed by atoms with Crippen molar-refractivity contribution in [3.63, 3.8) is 0 Å². The first-order valence-electron chi connectivity index (χ1n) is 9.94. The maximum atomic E-state index is 9.50. The minimum Gasteiger partial charge on any atom is -0.512 e. The topological polar surface area (TPSA) is 131 Å². The van der Waals surface area contributed by atoms with Gasteiger partial charge in [-0.3, -0.25) is 0 Å². The highest BCUT2D eigenvalue weighted by Gasteiger charge is 2.14. The molecule has 0 aromatic rings. The predicted molar refractivity (Wildman–Crippen MR) is 116 cm³/mol. The van der Waals surface area contributed by atoms with Crippen LogP contribution in [0.1, 0.15) is 40.0 Å². The highest BCUT2D eigenvalue weighted by molar-refractivity contribution is 5.19. The summed E-state index contributed by atoms with van der Waals surface area (Å²) in [5.41, 5.74) is 0.735. The summed E-state index contributed by atoms with van der Waals surface area (Å²) in [7, 11) is 0. The molecule has 1 fully saturated rings. The summed E-state index contributed by atoms with van der Waals surface area (Å²) in [6.45, 7) is 8.62. The van der Waals surface area contributed by atoms with Crippen LogP contribution in [0.4, 0.5) is 0 Å². The highest BCUT2D eigenvalue weighted by Crippen LogP contribution is 2.17. The molecule has 0 aliphatic carbocycles. The highest BCUT2D eigenvalue weighted by atomic mass is 16.5. The zero-order valence-electron chi connectivity index (χ0n) is 18.0. The third kappa shape index (κ3) is 18.1. The Morgan fingerprint density at radius 3 is 2.21 bits per heavy atom. The van der Waals surface area contributed by atoms with Gasteiger partial charge in [0.05, 0.1) is 32.2 Å². The van der Waals surface area contributed by atoms with E-state index in [-0.39, 0.29) is 43.4 Å². The van der Waals surface area contributed by atoms with Gasteiger partial charge in [-0.25, -0.2) is 0 Å². The van der Waals surface area contributed by atoms with E-state index >= 15 is 0 Å². The molecule has 29 heavy (non-hydrogen) atoms. The Morgan fingerprint density at radius 2 is 1.72 bits per heavy atom. The van der Waals surface area contributed by atoms with Crippen LogP contribution in [-0.4, -0.2) is 65.5 Å². The second-order valence-corrected chi connectivity index (χ2v) is 7.06. The van der Waals surface area contributed by atoms with Gasteiger partial charge in [0.25, 0.3) is 0 Å². The molecule has 6 N–H and O–H groups in total. The second kappa shape index (κ2) is 19.7. The van der Waals surface area contributed by atoms with Gasteiger partial charge in [0, 0.05) is 25.7 Å². The number of hydrogen-bond acceptors (Lipinski definition) is 6. The lowest BCUT2D eigenvalue weighted by molar-refractivity contribution is 0.0274. The smallest absolute Gasteiger partial charge is 0.117 e.